The van der Waals surface area contributed by atoms with Crippen molar-refractivity contribution in [3.05, 3.63) is 144 Å². The monoisotopic (exact) mass is 889 g/mol. The smallest absolute Gasteiger partial charge is 0.387 e. The van der Waals surface area contributed by atoms with Gasteiger partial charge in [-0.2, -0.15) is 0 Å². The largest absolute Gasteiger partial charge is 0.461 e. The van der Waals surface area contributed by atoms with Gasteiger partial charge >= 0.3 is 17.4 Å². The number of anilines is 9. The first kappa shape index (κ1) is 34.3. The molecule has 6 heterocycles. The van der Waals surface area contributed by atoms with Crippen molar-refractivity contribution < 1.29 is 4.39 Å². The second-order valence-corrected chi connectivity index (χ2v) is 15.6. The molecule has 0 radical (unpaired) electrons. The Kier molecular flexibility index (Phi) is 8.47. The molecular weight excluding hydrogens is 862 g/mol. The summed E-state index contributed by atoms with van der Waals surface area (Å²) < 4.78 is 19.1. The van der Waals surface area contributed by atoms with Crippen LogP contribution >= 0.6 is 47.3 Å². The highest BCUT2D eigenvalue weighted by atomic mass is 79.9. The summed E-state index contributed by atoms with van der Waals surface area (Å²) in [5, 5.41) is 0. The van der Waals surface area contributed by atoms with E-state index in [9.17, 15) is 0 Å². The quantitative estimate of drug-likeness (QED) is 0.153. The molecule has 6 aromatic rings. The molecule has 0 aliphatic carbocycles. The number of pyridine rings is 3. The summed E-state index contributed by atoms with van der Waals surface area (Å²) in [6.07, 6.45) is 0. The number of hydrogen-bond donors (Lipinski definition) is 0. The van der Waals surface area contributed by atoms with E-state index in [-0.39, 0.29) is 34.5 Å². The van der Waals surface area contributed by atoms with Crippen molar-refractivity contribution in [2.75, 3.05) is 50.0 Å². The summed E-state index contributed by atoms with van der Waals surface area (Å²) in [6.45, 7) is 0. The Morgan fingerprint density at radius 1 is 0.415 bits per heavy atom. The molecule has 0 spiro atoms. The molecule has 0 fully saturated rings. The van der Waals surface area contributed by atoms with Gasteiger partial charge in [0.2, 0.25) is 5.67 Å². The maximum absolute atomic E-state index is 19.1. The van der Waals surface area contributed by atoms with E-state index in [0.29, 0.717) is 17.5 Å². The first-order chi connectivity index (χ1) is 25.7. The minimum absolute atomic E-state index is 0.166. The Bertz CT molecular complexity index is 2120. The minimum Gasteiger partial charge on any atom is -0.387 e. The Morgan fingerprint density at radius 2 is 0.679 bits per heavy atom. The number of hydrogen-bond acceptors (Lipinski definition) is 9. The maximum atomic E-state index is 19.1. The summed E-state index contributed by atoms with van der Waals surface area (Å²) in [7, 11) is 6.05. The second-order valence-electron chi connectivity index (χ2n) is 13.1. The molecule has 3 aliphatic heterocycles. The highest BCUT2D eigenvalue weighted by Gasteiger charge is 2.46. The van der Waals surface area contributed by atoms with Crippen molar-refractivity contribution >= 4 is 116 Å². The molecule has 9 nitrogen and oxygen atoms in total. The Morgan fingerprint density at radius 3 is 0.962 bits per heavy atom. The van der Waals surface area contributed by atoms with E-state index < -0.39 is 5.67 Å². The van der Waals surface area contributed by atoms with Gasteiger partial charge in [0.05, 0.1) is 34.1 Å². The SMILES string of the molecule is CN1B(Br)N(c2cccc(C(F)(c3cccc(N4B(Br)N(C)c5ccccc54)n3)c3cccc(N4B(Br)N(C)c5ccccc54)n3)n2)c2ccccc21. The van der Waals surface area contributed by atoms with Crippen molar-refractivity contribution in [3.63, 3.8) is 0 Å². The van der Waals surface area contributed by atoms with E-state index in [2.05, 4.69) is 94.3 Å². The second kappa shape index (κ2) is 13.1. The van der Waals surface area contributed by atoms with Crippen LogP contribution in [0.3, 0.4) is 0 Å². The predicted molar refractivity (Wildman–Crippen MR) is 229 cm³/mol. The molecule has 3 aromatic heterocycles. The van der Waals surface area contributed by atoms with Gasteiger partial charge < -0.3 is 28.9 Å². The van der Waals surface area contributed by atoms with Gasteiger partial charge in [-0.3, -0.25) is 0 Å². The summed E-state index contributed by atoms with van der Waals surface area (Å²) >= 11 is 11.6. The minimum atomic E-state index is -2.37. The third-order valence-electron chi connectivity index (χ3n) is 10.2. The van der Waals surface area contributed by atoms with Gasteiger partial charge in [0.15, 0.2) is 0 Å². The molecule has 0 N–H and O–H groups in total. The number of benzene rings is 3. The van der Waals surface area contributed by atoms with E-state index in [1.54, 1.807) is 18.2 Å². The lowest BCUT2D eigenvalue weighted by Gasteiger charge is -2.29. The van der Waals surface area contributed by atoms with E-state index in [4.69, 9.17) is 15.0 Å². The first-order valence-corrected chi connectivity index (χ1v) is 19.8. The van der Waals surface area contributed by atoms with Gasteiger partial charge in [-0.1, -0.05) is 102 Å². The molecule has 0 amide bonds. The number of fused-ring (bicyclic) bond motifs is 3. The lowest BCUT2D eigenvalue weighted by atomic mass is 9.91. The number of alkyl halides is 1. The fraction of sp³-hybridized carbons (Fsp3) is 0.108. The molecule has 3 aromatic carbocycles. The van der Waals surface area contributed by atoms with Gasteiger partial charge in [-0.05, 0) is 93.9 Å². The van der Waals surface area contributed by atoms with E-state index in [0.717, 1.165) is 34.1 Å². The van der Waals surface area contributed by atoms with Gasteiger partial charge in [0.1, 0.15) is 17.5 Å². The average Bonchev–Trinajstić information content (AvgIpc) is 3.72. The van der Waals surface area contributed by atoms with Gasteiger partial charge in [-0.15, -0.1) is 0 Å². The molecule has 53 heavy (non-hydrogen) atoms. The van der Waals surface area contributed by atoms with Crippen molar-refractivity contribution in [1.29, 1.82) is 0 Å². The van der Waals surface area contributed by atoms with Crippen LogP contribution in [0.5, 0.6) is 0 Å². The third kappa shape index (κ3) is 5.27. The number of halogens is 4. The Hall–Kier alpha value is -4.53. The van der Waals surface area contributed by atoms with Crippen LogP contribution in [0.15, 0.2) is 127 Å². The van der Waals surface area contributed by atoms with Crippen LogP contribution in [0.1, 0.15) is 17.1 Å². The number of para-hydroxylation sites is 6. The normalized spacial score (nSPS) is 15.1. The van der Waals surface area contributed by atoms with Crippen LogP contribution in [-0.4, -0.2) is 53.5 Å². The maximum Gasteiger partial charge on any atom is 0.461 e. The summed E-state index contributed by atoms with van der Waals surface area (Å²) in [6, 6.07) is 40.8. The molecule has 9 rings (SSSR count). The molecule has 0 saturated heterocycles. The molecule has 0 unspecified atom stereocenters. The summed E-state index contributed by atoms with van der Waals surface area (Å²) in [4.78, 5) is 27.8. The lowest BCUT2D eigenvalue weighted by molar-refractivity contribution is 0.259. The lowest BCUT2D eigenvalue weighted by Crippen LogP contribution is -2.40. The van der Waals surface area contributed by atoms with Crippen LogP contribution in [0.2, 0.25) is 0 Å². The molecule has 260 valence electrons. The van der Waals surface area contributed by atoms with Crippen LogP contribution < -0.4 is 28.9 Å². The van der Waals surface area contributed by atoms with Gasteiger partial charge in [0.25, 0.3) is 0 Å². The van der Waals surface area contributed by atoms with Crippen LogP contribution in [0.25, 0.3) is 0 Å². The van der Waals surface area contributed by atoms with E-state index in [1.165, 1.54) is 0 Å². The summed E-state index contributed by atoms with van der Waals surface area (Å²) in [5.41, 5.74) is 4.14. The Labute approximate surface area is 333 Å². The van der Waals surface area contributed by atoms with E-state index >= 15 is 4.39 Å². The van der Waals surface area contributed by atoms with Crippen LogP contribution in [-0.2, 0) is 5.67 Å². The molecule has 0 bridgehead atoms. The summed E-state index contributed by atoms with van der Waals surface area (Å²) in [5.74, 6) is 1.06. The highest BCUT2D eigenvalue weighted by Crippen LogP contribution is 2.48. The fourth-order valence-corrected chi connectivity index (χ4v) is 9.40. The van der Waals surface area contributed by atoms with Crippen molar-refractivity contribution in [3.8, 4) is 0 Å². The topological polar surface area (TPSA) is 58.1 Å². The third-order valence-corrected chi connectivity index (χ3v) is 13.2. The van der Waals surface area contributed by atoms with Crippen LogP contribution in [0, 0.1) is 0 Å². The van der Waals surface area contributed by atoms with Crippen molar-refractivity contribution in [2.45, 2.75) is 5.67 Å². The standard InChI is InChI=1S/C37H30B3Br3FN9/c1-48-25-13-4-7-16-28(25)51(38(48)41)34-22-10-19-31(45-34)37(44,32-20-11-23-35(46-32)52-29-17-8-5-14-26(29)49(2)39(52)42)33-21-12-24-36(47-33)53-30-18-9-6-15-27(30)50(3)40(53)43/h4-24H,1-3H3. The number of nitrogens with zero attached hydrogens (tertiary/aromatic N) is 9. The van der Waals surface area contributed by atoms with E-state index in [1.807, 2.05) is 112 Å². The molecule has 0 saturated carbocycles. The average molecular weight is 892 g/mol. The number of aromatic nitrogens is 3. The number of rotatable bonds is 6. The fourth-order valence-electron chi connectivity index (χ4n) is 7.45. The zero-order valence-corrected chi connectivity index (χ0v) is 33.7. The van der Waals surface area contributed by atoms with Crippen molar-refractivity contribution in [2.24, 2.45) is 0 Å². The zero-order valence-electron chi connectivity index (χ0n) is 28.9. The molecular formula is C37H30B3Br3FN9. The molecule has 0 atom stereocenters. The highest BCUT2D eigenvalue weighted by molar-refractivity contribution is 9.25. The first-order valence-electron chi connectivity index (χ1n) is 17.1. The predicted octanol–water partition coefficient (Wildman–Crippen LogP) is 9.04. The van der Waals surface area contributed by atoms with Crippen LogP contribution in [0.4, 0.5) is 56.0 Å². The van der Waals surface area contributed by atoms with Crippen molar-refractivity contribution in [1.82, 2.24) is 15.0 Å². The van der Waals surface area contributed by atoms with Gasteiger partial charge in [-0.25, -0.2) is 19.3 Å². The Balaban J connectivity index is 1.22. The van der Waals surface area contributed by atoms with Gasteiger partial charge in [0, 0.05) is 17.1 Å². The molecule has 16 heteroatoms. The molecule has 3 aliphatic rings. The zero-order chi connectivity index (χ0) is 36.6.